The van der Waals surface area contributed by atoms with E-state index in [1.54, 1.807) is 11.3 Å². The molecule has 9 heteroatoms. The number of halogens is 1. The second-order valence-electron chi connectivity index (χ2n) is 8.24. The van der Waals surface area contributed by atoms with E-state index in [9.17, 15) is 0 Å². The van der Waals surface area contributed by atoms with Gasteiger partial charge in [0.2, 0.25) is 0 Å². The van der Waals surface area contributed by atoms with Crippen molar-refractivity contribution in [3.05, 3.63) is 57.7 Å². The van der Waals surface area contributed by atoms with Gasteiger partial charge in [-0.1, -0.05) is 12.1 Å². The number of H-pyrrole nitrogens is 1. The van der Waals surface area contributed by atoms with Crippen LogP contribution in [0.5, 0.6) is 0 Å². The minimum Gasteiger partial charge on any atom is -0.369 e. The van der Waals surface area contributed by atoms with Crippen LogP contribution in [-0.2, 0) is 0 Å². The Hall–Kier alpha value is -2.76. The molecule has 7 nitrogen and oxygen atoms in total. The molecule has 6 rings (SSSR count). The van der Waals surface area contributed by atoms with Gasteiger partial charge in [0.25, 0.3) is 0 Å². The Morgan fingerprint density at radius 3 is 2.73 bits per heavy atom. The molecule has 1 saturated heterocycles. The van der Waals surface area contributed by atoms with Crippen LogP contribution in [0.15, 0.2) is 54.2 Å². The largest absolute Gasteiger partial charge is 0.369 e. The molecule has 0 spiro atoms. The lowest BCUT2D eigenvalue weighted by Gasteiger charge is -2.34. The van der Waals surface area contributed by atoms with E-state index in [2.05, 4.69) is 95.6 Å². The molecule has 0 unspecified atom stereocenters. The molecule has 2 N–H and O–H groups in total. The van der Waals surface area contributed by atoms with Gasteiger partial charge in [0.1, 0.15) is 12.1 Å². The summed E-state index contributed by atoms with van der Waals surface area (Å²) in [5.41, 5.74) is 4.19. The van der Waals surface area contributed by atoms with Gasteiger partial charge in [-0.3, -0.25) is 5.10 Å². The Kier molecular flexibility index (Phi) is 5.39. The van der Waals surface area contributed by atoms with Gasteiger partial charge in [-0.15, -0.1) is 11.3 Å². The van der Waals surface area contributed by atoms with E-state index in [1.807, 2.05) is 12.1 Å². The number of thiophene rings is 1. The number of anilines is 3. The molecule has 3 aromatic heterocycles. The number of hydrogen-bond donors (Lipinski definition) is 2. The van der Waals surface area contributed by atoms with Crippen molar-refractivity contribution in [3.63, 3.8) is 0 Å². The lowest BCUT2D eigenvalue weighted by atomic mass is 10.1. The van der Waals surface area contributed by atoms with Crippen LogP contribution in [0.4, 0.5) is 17.2 Å². The molecule has 1 fully saturated rings. The zero-order chi connectivity index (χ0) is 22.4. The number of aromatic amines is 1. The van der Waals surface area contributed by atoms with Crippen molar-refractivity contribution in [2.75, 3.05) is 43.4 Å². The minimum atomic E-state index is 0.722. The molecule has 0 amide bonds. The number of nitrogens with one attached hydrogen (secondary N) is 2. The molecule has 0 atom stereocenters. The fourth-order valence-electron chi connectivity index (χ4n) is 4.35. The summed E-state index contributed by atoms with van der Waals surface area (Å²) in [6, 6.07) is 15.0. The SMILES string of the molecule is CN1CCN(c2ccc(Nc3nc4c(-c5ncn[nH]5)cccc4c4ccsc34)c(I)c2)CC1. The summed E-state index contributed by atoms with van der Waals surface area (Å²) in [4.78, 5) is 14.3. The van der Waals surface area contributed by atoms with Gasteiger partial charge in [-0.25, -0.2) is 9.97 Å². The summed E-state index contributed by atoms with van der Waals surface area (Å²) in [6.07, 6.45) is 1.53. The third kappa shape index (κ3) is 3.83. The summed E-state index contributed by atoms with van der Waals surface area (Å²) >= 11 is 4.13. The first kappa shape index (κ1) is 20.8. The summed E-state index contributed by atoms with van der Waals surface area (Å²) in [7, 11) is 2.18. The van der Waals surface area contributed by atoms with Crippen molar-refractivity contribution in [2.45, 2.75) is 0 Å². The zero-order valence-electron chi connectivity index (χ0n) is 18.0. The second kappa shape index (κ2) is 8.54. The molecular formula is C24H22IN7S. The lowest BCUT2D eigenvalue weighted by molar-refractivity contribution is 0.313. The number of pyridine rings is 1. The maximum atomic E-state index is 5.08. The number of likely N-dealkylation sites (N-methyl/N-ethyl adjacent to an activating group) is 1. The van der Waals surface area contributed by atoms with Crippen LogP contribution in [0, 0.1) is 3.57 Å². The topological polar surface area (TPSA) is 73.0 Å². The number of aromatic nitrogens is 4. The molecule has 1 aliphatic heterocycles. The summed E-state index contributed by atoms with van der Waals surface area (Å²) in [5.74, 6) is 1.59. The van der Waals surface area contributed by atoms with E-state index >= 15 is 0 Å². The average molecular weight is 567 g/mol. The van der Waals surface area contributed by atoms with Crippen molar-refractivity contribution < 1.29 is 0 Å². The van der Waals surface area contributed by atoms with Crippen LogP contribution < -0.4 is 10.2 Å². The monoisotopic (exact) mass is 567 g/mol. The quantitative estimate of drug-likeness (QED) is 0.286. The highest BCUT2D eigenvalue weighted by Gasteiger charge is 2.17. The Labute approximate surface area is 209 Å². The Morgan fingerprint density at radius 1 is 1.06 bits per heavy atom. The third-order valence-electron chi connectivity index (χ3n) is 6.17. The number of hydrogen-bond acceptors (Lipinski definition) is 7. The first-order chi connectivity index (χ1) is 16.2. The standard InChI is InChI=1S/C24H22IN7S/c1-31-8-10-32(11-9-31)15-5-6-20(19(25)13-15)28-24-22-17(7-12-33-22)16-3-2-4-18(21(16)29-24)23-26-14-27-30-23/h2-7,12-14H,8-11H2,1H3,(H,28,29)(H,26,27,30). The van der Waals surface area contributed by atoms with Gasteiger partial charge in [0.15, 0.2) is 5.82 Å². The molecular weight excluding hydrogens is 545 g/mol. The molecule has 5 aromatic rings. The summed E-state index contributed by atoms with van der Waals surface area (Å²) in [6.45, 7) is 4.32. The molecule has 0 bridgehead atoms. The molecule has 4 heterocycles. The maximum Gasteiger partial charge on any atom is 0.157 e. The first-order valence-electron chi connectivity index (χ1n) is 10.8. The van der Waals surface area contributed by atoms with E-state index in [1.165, 1.54) is 21.0 Å². The number of rotatable bonds is 4. The number of nitrogens with zero attached hydrogens (tertiary/aromatic N) is 5. The average Bonchev–Trinajstić information content (AvgIpc) is 3.53. The molecule has 33 heavy (non-hydrogen) atoms. The van der Waals surface area contributed by atoms with E-state index in [0.717, 1.165) is 64.7 Å². The van der Waals surface area contributed by atoms with E-state index < -0.39 is 0 Å². The van der Waals surface area contributed by atoms with Crippen LogP contribution in [-0.4, -0.2) is 58.3 Å². The normalized spacial score (nSPS) is 14.9. The fraction of sp³-hybridized carbons (Fsp3) is 0.208. The number of fused-ring (bicyclic) bond motifs is 3. The number of para-hydroxylation sites is 1. The zero-order valence-corrected chi connectivity index (χ0v) is 21.0. The van der Waals surface area contributed by atoms with E-state index in [4.69, 9.17) is 4.98 Å². The van der Waals surface area contributed by atoms with E-state index in [-0.39, 0.29) is 0 Å². The summed E-state index contributed by atoms with van der Waals surface area (Å²) < 4.78 is 2.33. The van der Waals surface area contributed by atoms with Gasteiger partial charge in [0.05, 0.1) is 15.9 Å². The Morgan fingerprint density at radius 2 is 1.94 bits per heavy atom. The van der Waals surface area contributed by atoms with Crippen molar-refractivity contribution in [2.24, 2.45) is 0 Å². The fourth-order valence-corrected chi connectivity index (χ4v) is 5.84. The predicted octanol–water partition coefficient (Wildman–Crippen LogP) is 5.33. The molecule has 0 aliphatic carbocycles. The minimum absolute atomic E-state index is 0.722. The number of piperazine rings is 1. The molecule has 166 valence electrons. The van der Waals surface area contributed by atoms with Crippen LogP contribution in [0.3, 0.4) is 0 Å². The molecule has 0 radical (unpaired) electrons. The Balaban J connectivity index is 1.40. The maximum absolute atomic E-state index is 5.08. The molecule has 1 aliphatic rings. The van der Waals surface area contributed by atoms with Crippen molar-refractivity contribution >= 4 is 72.1 Å². The first-order valence-corrected chi connectivity index (χ1v) is 12.8. The highest BCUT2D eigenvalue weighted by Crippen LogP contribution is 2.38. The van der Waals surface area contributed by atoms with Crippen LogP contribution in [0.2, 0.25) is 0 Å². The van der Waals surface area contributed by atoms with Gasteiger partial charge in [0, 0.05) is 51.8 Å². The smallest absolute Gasteiger partial charge is 0.157 e. The second-order valence-corrected chi connectivity index (χ2v) is 10.3. The molecule has 0 saturated carbocycles. The van der Waals surface area contributed by atoms with Crippen molar-refractivity contribution in [1.29, 1.82) is 0 Å². The van der Waals surface area contributed by atoms with Crippen LogP contribution >= 0.6 is 33.9 Å². The summed E-state index contributed by atoms with van der Waals surface area (Å²) in [5, 5.41) is 15.1. The number of benzene rings is 2. The van der Waals surface area contributed by atoms with Crippen LogP contribution in [0.25, 0.3) is 32.4 Å². The van der Waals surface area contributed by atoms with Gasteiger partial charge in [-0.05, 0) is 65.4 Å². The van der Waals surface area contributed by atoms with Crippen LogP contribution in [0.1, 0.15) is 0 Å². The highest BCUT2D eigenvalue weighted by atomic mass is 127. The lowest BCUT2D eigenvalue weighted by Crippen LogP contribution is -2.44. The highest BCUT2D eigenvalue weighted by molar-refractivity contribution is 14.1. The van der Waals surface area contributed by atoms with E-state index in [0.29, 0.717) is 0 Å². The third-order valence-corrected chi connectivity index (χ3v) is 7.99. The van der Waals surface area contributed by atoms with Gasteiger partial charge >= 0.3 is 0 Å². The predicted molar refractivity (Wildman–Crippen MR) is 145 cm³/mol. The van der Waals surface area contributed by atoms with Crippen molar-refractivity contribution in [3.8, 4) is 11.4 Å². The van der Waals surface area contributed by atoms with Gasteiger partial charge in [-0.2, -0.15) is 5.10 Å². The Bertz CT molecular complexity index is 1440. The molecule has 2 aromatic carbocycles. The van der Waals surface area contributed by atoms with Crippen molar-refractivity contribution in [1.82, 2.24) is 25.1 Å². The van der Waals surface area contributed by atoms with Gasteiger partial charge < -0.3 is 15.1 Å².